The number of alkyl halides is 4. The summed E-state index contributed by atoms with van der Waals surface area (Å²) in [5.41, 5.74) is 5.17. The number of nitrogens with two attached hydrogens (primary N) is 1. The van der Waals surface area contributed by atoms with Crippen LogP contribution in [0.5, 0.6) is 0 Å². The third-order valence-electron chi connectivity index (χ3n) is 5.22. The van der Waals surface area contributed by atoms with Gasteiger partial charge in [-0.15, -0.1) is 0 Å². The summed E-state index contributed by atoms with van der Waals surface area (Å²) in [6.07, 6.45) is 1.53. The fourth-order valence-corrected chi connectivity index (χ4v) is 3.69. The summed E-state index contributed by atoms with van der Waals surface area (Å²) >= 11 is 0. The molecule has 0 spiro atoms. The van der Waals surface area contributed by atoms with Gasteiger partial charge in [-0.3, -0.25) is 0 Å². The summed E-state index contributed by atoms with van der Waals surface area (Å²) in [4.78, 5) is 4.16. The first-order valence-electron chi connectivity index (χ1n) is 9.78. The molecule has 1 aliphatic rings. The minimum Gasteiger partial charge on any atom is -0.379 e. The van der Waals surface area contributed by atoms with E-state index in [4.69, 9.17) is 5.73 Å². The maximum absolute atomic E-state index is 14.5. The molecular weight excluding hydrogens is 382 g/mol. The molecule has 1 heterocycles. The molecule has 1 fully saturated rings. The molecule has 7 heteroatoms. The van der Waals surface area contributed by atoms with E-state index in [0.717, 1.165) is 19.3 Å². The largest absolute Gasteiger partial charge is 0.417 e. The van der Waals surface area contributed by atoms with Gasteiger partial charge in [-0.05, 0) is 31.1 Å². The highest BCUT2D eigenvalue weighted by Gasteiger charge is 2.35. The monoisotopic (exact) mass is 407 g/mol. The smallest absolute Gasteiger partial charge is 0.379 e. The Labute approximate surface area is 167 Å². The van der Waals surface area contributed by atoms with Crippen LogP contribution < -0.4 is 11.1 Å². The summed E-state index contributed by atoms with van der Waals surface area (Å²) in [6, 6.07) is 6.32. The number of nitrogens with zero attached hydrogens (tertiary/aromatic N) is 1. The molecule has 3 N–H and O–H groups in total. The summed E-state index contributed by atoms with van der Waals surface area (Å²) in [5.74, 6) is 0. The highest BCUT2D eigenvalue weighted by atomic mass is 19.4. The number of anilines is 1. The Morgan fingerprint density at radius 3 is 2.69 bits per heavy atom. The molecule has 0 aliphatic heterocycles. The molecule has 3 nitrogen and oxygen atoms in total. The van der Waals surface area contributed by atoms with Crippen molar-refractivity contribution in [2.24, 2.45) is 5.73 Å². The van der Waals surface area contributed by atoms with Gasteiger partial charge in [-0.25, -0.2) is 9.37 Å². The fourth-order valence-electron chi connectivity index (χ4n) is 3.69. The van der Waals surface area contributed by atoms with E-state index in [-0.39, 0.29) is 18.3 Å². The van der Waals surface area contributed by atoms with Gasteiger partial charge in [0.1, 0.15) is 6.17 Å². The Morgan fingerprint density at radius 1 is 1.21 bits per heavy atom. The summed E-state index contributed by atoms with van der Waals surface area (Å²) in [7, 11) is 0. The fraction of sp³-hybridized carbons (Fsp3) is 0.409. The zero-order chi connectivity index (χ0) is 21.0. The third-order valence-corrected chi connectivity index (χ3v) is 5.22. The Morgan fingerprint density at radius 2 is 1.97 bits per heavy atom. The first kappa shape index (κ1) is 21.3. The molecule has 0 radical (unpaired) electrons. The van der Waals surface area contributed by atoms with Gasteiger partial charge in [0.15, 0.2) is 0 Å². The van der Waals surface area contributed by atoms with E-state index in [1.165, 1.54) is 0 Å². The highest BCUT2D eigenvalue weighted by molar-refractivity contribution is 6.00. The van der Waals surface area contributed by atoms with Gasteiger partial charge in [0.2, 0.25) is 0 Å². The topological polar surface area (TPSA) is 50.9 Å². The van der Waals surface area contributed by atoms with Gasteiger partial charge in [-0.2, -0.15) is 13.2 Å². The number of aromatic nitrogens is 1. The van der Waals surface area contributed by atoms with Crippen LogP contribution in [0.3, 0.4) is 0 Å². The van der Waals surface area contributed by atoms with Gasteiger partial charge in [0, 0.05) is 23.0 Å². The summed E-state index contributed by atoms with van der Waals surface area (Å²) in [6.45, 7) is 3.46. The van der Waals surface area contributed by atoms with E-state index >= 15 is 0 Å². The average Bonchev–Trinajstić information content (AvgIpc) is 2.89. The van der Waals surface area contributed by atoms with Crippen molar-refractivity contribution in [1.82, 2.24) is 4.98 Å². The minimum absolute atomic E-state index is 0.229. The summed E-state index contributed by atoms with van der Waals surface area (Å²) < 4.78 is 54.7. The van der Waals surface area contributed by atoms with Crippen molar-refractivity contribution in [3.63, 3.8) is 0 Å². The molecule has 2 atom stereocenters. The van der Waals surface area contributed by atoms with Crippen molar-refractivity contribution in [1.29, 1.82) is 0 Å². The Balaban J connectivity index is 2.11. The first-order valence-corrected chi connectivity index (χ1v) is 9.78. The van der Waals surface area contributed by atoms with Crippen LogP contribution in [0.25, 0.3) is 22.4 Å². The van der Waals surface area contributed by atoms with E-state index in [0.29, 0.717) is 35.0 Å². The third kappa shape index (κ3) is 4.96. The number of pyridine rings is 1. The normalized spacial score (nSPS) is 20.7. The standard InChI is InChI=1S/C22H25F4N3/c1-14(22(24,25)26)21-16-8-5-11-19(17(16)13-15(28-21)7-6-12-27)29-20-10-4-2-3-9-18(20)23/h5-8,11,13,18,20,29H,1-4,9-10,12,27H2/b7-6+/t18-,20+/m0/s1. The number of hydrogen-bond acceptors (Lipinski definition) is 3. The Bertz CT molecular complexity index is 905. The van der Waals surface area contributed by atoms with Crippen LogP contribution in [-0.2, 0) is 0 Å². The molecule has 0 saturated heterocycles. The molecule has 3 rings (SSSR count). The maximum Gasteiger partial charge on any atom is 0.417 e. The predicted octanol–water partition coefficient (Wildman–Crippen LogP) is 5.86. The number of allylic oxidation sites excluding steroid dienone is 1. The second-order valence-corrected chi connectivity index (χ2v) is 7.32. The highest BCUT2D eigenvalue weighted by Crippen LogP contribution is 2.37. The maximum atomic E-state index is 14.5. The Kier molecular flexibility index (Phi) is 6.57. The molecular formula is C22H25F4N3. The molecule has 29 heavy (non-hydrogen) atoms. The first-order chi connectivity index (χ1) is 13.8. The molecule has 1 aliphatic carbocycles. The molecule has 156 valence electrons. The van der Waals surface area contributed by atoms with Crippen molar-refractivity contribution in [3.8, 4) is 0 Å². The molecule has 1 saturated carbocycles. The van der Waals surface area contributed by atoms with Crippen molar-refractivity contribution >= 4 is 28.1 Å². The second kappa shape index (κ2) is 8.95. The second-order valence-electron chi connectivity index (χ2n) is 7.32. The summed E-state index contributed by atoms with van der Waals surface area (Å²) in [5, 5.41) is 4.12. The lowest BCUT2D eigenvalue weighted by molar-refractivity contribution is -0.0688. The van der Waals surface area contributed by atoms with Crippen LogP contribution in [0.2, 0.25) is 0 Å². The lowest BCUT2D eigenvalue weighted by atomic mass is 10.0. The van der Waals surface area contributed by atoms with Crippen LogP contribution in [0.1, 0.15) is 43.5 Å². The minimum atomic E-state index is -4.61. The zero-order valence-corrected chi connectivity index (χ0v) is 16.1. The number of benzene rings is 1. The van der Waals surface area contributed by atoms with E-state index in [1.807, 2.05) is 0 Å². The van der Waals surface area contributed by atoms with Crippen molar-refractivity contribution in [2.75, 3.05) is 11.9 Å². The van der Waals surface area contributed by atoms with Crippen LogP contribution in [0.15, 0.2) is 36.9 Å². The van der Waals surface area contributed by atoms with Crippen LogP contribution >= 0.6 is 0 Å². The zero-order valence-electron chi connectivity index (χ0n) is 16.1. The molecule has 0 unspecified atom stereocenters. The van der Waals surface area contributed by atoms with E-state index in [1.54, 1.807) is 36.4 Å². The van der Waals surface area contributed by atoms with Gasteiger partial charge in [0.05, 0.1) is 23.0 Å². The molecule has 2 aromatic rings. The number of hydrogen-bond donors (Lipinski definition) is 2. The van der Waals surface area contributed by atoms with Crippen LogP contribution in [-0.4, -0.2) is 29.9 Å². The van der Waals surface area contributed by atoms with Gasteiger partial charge >= 0.3 is 6.18 Å². The molecule has 1 aromatic heterocycles. The van der Waals surface area contributed by atoms with Crippen molar-refractivity contribution < 1.29 is 17.6 Å². The number of nitrogens with one attached hydrogen (secondary N) is 1. The predicted molar refractivity (Wildman–Crippen MR) is 110 cm³/mol. The van der Waals surface area contributed by atoms with Crippen LogP contribution in [0.4, 0.5) is 23.2 Å². The molecule has 0 amide bonds. The quantitative estimate of drug-likeness (QED) is 0.482. The lowest BCUT2D eigenvalue weighted by Crippen LogP contribution is -2.29. The molecule has 0 bridgehead atoms. The number of fused-ring (bicyclic) bond motifs is 1. The number of rotatable bonds is 5. The lowest BCUT2D eigenvalue weighted by Gasteiger charge is -2.23. The average molecular weight is 407 g/mol. The van der Waals surface area contributed by atoms with Crippen molar-refractivity contribution in [2.45, 2.75) is 50.5 Å². The van der Waals surface area contributed by atoms with Crippen molar-refractivity contribution in [3.05, 3.63) is 48.3 Å². The van der Waals surface area contributed by atoms with E-state index < -0.39 is 17.9 Å². The molecule has 1 aromatic carbocycles. The van der Waals surface area contributed by atoms with Gasteiger partial charge < -0.3 is 11.1 Å². The van der Waals surface area contributed by atoms with Gasteiger partial charge in [-0.1, -0.05) is 44.1 Å². The van der Waals surface area contributed by atoms with Gasteiger partial charge in [0.25, 0.3) is 0 Å². The van der Waals surface area contributed by atoms with Crippen LogP contribution in [0, 0.1) is 0 Å². The van der Waals surface area contributed by atoms with E-state index in [2.05, 4.69) is 16.9 Å². The van der Waals surface area contributed by atoms with E-state index in [9.17, 15) is 17.6 Å². The Hall–Kier alpha value is -2.41. The number of halogens is 4. The SMILES string of the molecule is C=C(c1nc(/C=C/CN)cc2c(N[C@@H]3CCCCC[C@@H]3F)cccc12)C(F)(F)F.